The summed E-state index contributed by atoms with van der Waals surface area (Å²) >= 11 is 0. The van der Waals surface area contributed by atoms with E-state index < -0.39 is 0 Å². The van der Waals surface area contributed by atoms with Crippen LogP contribution in [0.1, 0.15) is 57.2 Å². The SMILES string of the molecule is CCOC(=O)CCCOc1cccc(-c2cnc(-c3ccc(CC(C)C)c(C#N)c3)nc2)c1CC. The number of nitrogens with zero attached hydrogens (tertiary/aromatic N) is 3. The fraction of sp³-hybridized carbons (Fsp3) is 0.379. The molecule has 0 aliphatic heterocycles. The molecular weight excluding hydrogens is 438 g/mol. The van der Waals surface area contributed by atoms with Crippen molar-refractivity contribution < 1.29 is 14.3 Å². The first-order chi connectivity index (χ1) is 17.0. The Bertz CT molecular complexity index is 1180. The van der Waals surface area contributed by atoms with Crippen molar-refractivity contribution in [3.63, 3.8) is 0 Å². The standard InChI is InChI=1S/C29H33N3O3/c1-5-25-26(9-7-10-27(25)35-14-8-11-28(33)34-6-2)24-18-31-29(32-19-24)22-13-12-21(15-20(3)4)23(16-22)17-30/h7,9-10,12-13,16,18-20H,5-6,8,11,14-15H2,1-4H3. The fourth-order valence-corrected chi connectivity index (χ4v) is 4.02. The highest BCUT2D eigenvalue weighted by atomic mass is 16.5. The molecule has 0 fully saturated rings. The lowest BCUT2D eigenvalue weighted by Crippen LogP contribution is -2.07. The predicted molar refractivity (Wildman–Crippen MR) is 137 cm³/mol. The molecule has 0 unspecified atom stereocenters. The van der Waals surface area contributed by atoms with Gasteiger partial charge in [0.1, 0.15) is 5.75 Å². The van der Waals surface area contributed by atoms with Gasteiger partial charge in [-0.25, -0.2) is 9.97 Å². The Kier molecular flexibility index (Phi) is 9.37. The summed E-state index contributed by atoms with van der Waals surface area (Å²) in [5.41, 5.74) is 5.55. The minimum absolute atomic E-state index is 0.200. The third-order valence-electron chi connectivity index (χ3n) is 5.65. The second kappa shape index (κ2) is 12.7. The van der Waals surface area contributed by atoms with Gasteiger partial charge in [-0.2, -0.15) is 5.26 Å². The zero-order chi connectivity index (χ0) is 25.2. The summed E-state index contributed by atoms with van der Waals surface area (Å²) in [4.78, 5) is 20.7. The van der Waals surface area contributed by atoms with Crippen molar-refractivity contribution in [2.24, 2.45) is 5.92 Å². The van der Waals surface area contributed by atoms with E-state index in [1.807, 2.05) is 48.8 Å². The van der Waals surface area contributed by atoms with Crippen LogP contribution in [0.25, 0.3) is 22.5 Å². The molecule has 6 heteroatoms. The second-order valence-corrected chi connectivity index (χ2v) is 8.77. The number of nitriles is 1. The number of aromatic nitrogens is 2. The van der Waals surface area contributed by atoms with Crippen molar-refractivity contribution in [1.82, 2.24) is 9.97 Å². The number of rotatable bonds is 11. The van der Waals surface area contributed by atoms with Gasteiger partial charge in [-0.3, -0.25) is 4.79 Å². The van der Waals surface area contributed by atoms with E-state index in [4.69, 9.17) is 9.47 Å². The van der Waals surface area contributed by atoms with Crippen LogP contribution < -0.4 is 4.74 Å². The quantitative estimate of drug-likeness (QED) is 0.246. The first kappa shape index (κ1) is 25.9. The number of esters is 1. The summed E-state index contributed by atoms with van der Waals surface area (Å²) in [6.07, 6.45) is 6.23. The van der Waals surface area contributed by atoms with Crippen LogP contribution in [0.4, 0.5) is 0 Å². The first-order valence-corrected chi connectivity index (χ1v) is 12.2. The first-order valence-electron chi connectivity index (χ1n) is 12.2. The summed E-state index contributed by atoms with van der Waals surface area (Å²) < 4.78 is 11.0. The van der Waals surface area contributed by atoms with E-state index >= 15 is 0 Å². The predicted octanol–water partition coefficient (Wildman–Crippen LogP) is 6.17. The molecule has 0 saturated heterocycles. The number of hydrogen-bond acceptors (Lipinski definition) is 6. The molecular formula is C29H33N3O3. The normalized spacial score (nSPS) is 10.7. The van der Waals surface area contributed by atoms with E-state index in [9.17, 15) is 10.1 Å². The summed E-state index contributed by atoms with van der Waals surface area (Å²) in [6.45, 7) is 9.01. The molecule has 0 N–H and O–H groups in total. The van der Waals surface area contributed by atoms with Crippen LogP contribution in [0, 0.1) is 17.2 Å². The minimum Gasteiger partial charge on any atom is -0.493 e. The van der Waals surface area contributed by atoms with Gasteiger partial charge < -0.3 is 9.47 Å². The van der Waals surface area contributed by atoms with Crippen LogP contribution in [0.15, 0.2) is 48.8 Å². The van der Waals surface area contributed by atoms with Crippen molar-refractivity contribution in [3.05, 3.63) is 65.5 Å². The van der Waals surface area contributed by atoms with E-state index in [0.717, 1.165) is 46.4 Å². The molecule has 0 spiro atoms. The van der Waals surface area contributed by atoms with E-state index in [2.05, 4.69) is 36.8 Å². The van der Waals surface area contributed by atoms with Gasteiger partial charge in [-0.1, -0.05) is 45.0 Å². The molecule has 35 heavy (non-hydrogen) atoms. The molecule has 0 atom stereocenters. The maximum absolute atomic E-state index is 11.5. The van der Waals surface area contributed by atoms with Gasteiger partial charge in [0, 0.05) is 35.5 Å². The Balaban J connectivity index is 1.77. The van der Waals surface area contributed by atoms with Gasteiger partial charge in [0.2, 0.25) is 0 Å². The fourth-order valence-electron chi connectivity index (χ4n) is 4.02. The van der Waals surface area contributed by atoms with E-state index in [1.54, 1.807) is 6.92 Å². The molecule has 0 aliphatic rings. The molecule has 0 bridgehead atoms. The molecule has 6 nitrogen and oxygen atoms in total. The Labute approximate surface area is 208 Å². The molecule has 1 heterocycles. The van der Waals surface area contributed by atoms with Crippen molar-refractivity contribution in [3.8, 4) is 34.3 Å². The van der Waals surface area contributed by atoms with Crippen LogP contribution in [-0.2, 0) is 22.4 Å². The van der Waals surface area contributed by atoms with Crippen molar-refractivity contribution >= 4 is 5.97 Å². The lowest BCUT2D eigenvalue weighted by atomic mass is 9.96. The third-order valence-corrected chi connectivity index (χ3v) is 5.65. The van der Waals surface area contributed by atoms with Crippen molar-refractivity contribution in [2.45, 2.75) is 53.4 Å². The zero-order valence-corrected chi connectivity index (χ0v) is 21.0. The molecule has 1 aromatic heterocycles. The van der Waals surface area contributed by atoms with E-state index in [0.29, 0.717) is 43.4 Å². The molecule has 0 saturated carbocycles. The largest absolute Gasteiger partial charge is 0.493 e. The van der Waals surface area contributed by atoms with Gasteiger partial charge in [0.05, 0.1) is 24.8 Å². The maximum atomic E-state index is 11.5. The van der Waals surface area contributed by atoms with Crippen molar-refractivity contribution in [1.29, 1.82) is 5.26 Å². The average Bonchev–Trinajstić information content (AvgIpc) is 2.86. The molecule has 0 aliphatic carbocycles. The number of hydrogen-bond donors (Lipinski definition) is 0. The van der Waals surface area contributed by atoms with Crippen LogP contribution >= 0.6 is 0 Å². The number of carbonyl (C=O) groups is 1. The third kappa shape index (κ3) is 6.89. The highest BCUT2D eigenvalue weighted by Crippen LogP contribution is 2.31. The Hall–Kier alpha value is -3.72. The maximum Gasteiger partial charge on any atom is 0.305 e. The van der Waals surface area contributed by atoms with Gasteiger partial charge in [0.25, 0.3) is 0 Å². The Morgan fingerprint density at radius 1 is 1.09 bits per heavy atom. The second-order valence-electron chi connectivity index (χ2n) is 8.77. The van der Waals surface area contributed by atoms with Crippen LogP contribution in [0.5, 0.6) is 5.75 Å². The van der Waals surface area contributed by atoms with E-state index in [-0.39, 0.29) is 5.97 Å². The number of benzene rings is 2. The zero-order valence-electron chi connectivity index (χ0n) is 21.0. The smallest absolute Gasteiger partial charge is 0.305 e. The molecule has 3 aromatic rings. The van der Waals surface area contributed by atoms with Gasteiger partial charge in [0.15, 0.2) is 5.82 Å². The Morgan fingerprint density at radius 3 is 2.51 bits per heavy atom. The van der Waals surface area contributed by atoms with Crippen LogP contribution in [0.3, 0.4) is 0 Å². The lowest BCUT2D eigenvalue weighted by Gasteiger charge is -2.15. The van der Waals surface area contributed by atoms with E-state index in [1.165, 1.54) is 0 Å². The molecule has 0 amide bonds. The highest BCUT2D eigenvalue weighted by molar-refractivity contribution is 5.70. The summed E-state index contributed by atoms with van der Waals surface area (Å²) in [6, 6.07) is 14.1. The Morgan fingerprint density at radius 2 is 1.86 bits per heavy atom. The summed E-state index contributed by atoms with van der Waals surface area (Å²) in [5.74, 6) is 1.67. The van der Waals surface area contributed by atoms with Crippen LogP contribution in [-0.4, -0.2) is 29.2 Å². The molecule has 2 aromatic carbocycles. The highest BCUT2D eigenvalue weighted by Gasteiger charge is 2.13. The monoisotopic (exact) mass is 471 g/mol. The summed E-state index contributed by atoms with van der Waals surface area (Å²) in [5, 5.41) is 9.58. The lowest BCUT2D eigenvalue weighted by molar-refractivity contribution is -0.143. The van der Waals surface area contributed by atoms with Crippen molar-refractivity contribution in [2.75, 3.05) is 13.2 Å². The topological polar surface area (TPSA) is 85.1 Å². The van der Waals surface area contributed by atoms with Gasteiger partial charge in [-0.05, 0) is 55.4 Å². The van der Waals surface area contributed by atoms with Gasteiger partial charge in [-0.15, -0.1) is 0 Å². The molecule has 3 rings (SSSR count). The van der Waals surface area contributed by atoms with Crippen LogP contribution in [0.2, 0.25) is 0 Å². The molecule has 0 radical (unpaired) electrons. The minimum atomic E-state index is -0.200. The number of carbonyl (C=O) groups excluding carboxylic acids is 1. The number of ether oxygens (including phenoxy) is 2. The average molecular weight is 472 g/mol. The molecule has 182 valence electrons. The van der Waals surface area contributed by atoms with Gasteiger partial charge >= 0.3 is 5.97 Å². The summed E-state index contributed by atoms with van der Waals surface area (Å²) in [7, 11) is 0.